The fraction of sp³-hybridized carbons (Fsp3) is 0.500. The summed E-state index contributed by atoms with van der Waals surface area (Å²) in [7, 11) is 0. The molecule has 1 fully saturated rings. The molecule has 9 heteroatoms. The van der Waals surface area contributed by atoms with E-state index in [0.717, 1.165) is 0 Å². The number of hydrogen-bond acceptors (Lipinski definition) is 6. The SMILES string of the molecule is CC(=O)NC[C@H]1CN(c2ccc(N(CCO)CCO)c(F)c2)C(=O)O1. The van der Waals surface area contributed by atoms with Crippen molar-refractivity contribution in [2.24, 2.45) is 0 Å². The number of benzene rings is 1. The minimum absolute atomic E-state index is 0.176. The van der Waals surface area contributed by atoms with Crippen LogP contribution in [0.15, 0.2) is 18.2 Å². The molecule has 1 aliphatic heterocycles. The summed E-state index contributed by atoms with van der Waals surface area (Å²) in [4.78, 5) is 25.7. The van der Waals surface area contributed by atoms with Crippen molar-refractivity contribution in [1.29, 1.82) is 0 Å². The van der Waals surface area contributed by atoms with Crippen LogP contribution in [0.5, 0.6) is 0 Å². The highest BCUT2D eigenvalue weighted by Crippen LogP contribution is 2.27. The van der Waals surface area contributed by atoms with Gasteiger partial charge in [-0.05, 0) is 18.2 Å². The van der Waals surface area contributed by atoms with E-state index in [1.807, 2.05) is 0 Å². The van der Waals surface area contributed by atoms with Crippen molar-refractivity contribution in [3.05, 3.63) is 24.0 Å². The maximum atomic E-state index is 14.4. The van der Waals surface area contributed by atoms with Crippen molar-refractivity contribution in [1.82, 2.24) is 5.32 Å². The molecule has 1 aromatic carbocycles. The van der Waals surface area contributed by atoms with Gasteiger partial charge in [-0.2, -0.15) is 0 Å². The predicted octanol–water partition coefficient (Wildman–Crippen LogP) is 0.0780. The van der Waals surface area contributed by atoms with Crippen LogP contribution >= 0.6 is 0 Å². The fourth-order valence-corrected chi connectivity index (χ4v) is 2.61. The lowest BCUT2D eigenvalue weighted by molar-refractivity contribution is -0.119. The average Bonchev–Trinajstić information content (AvgIpc) is 2.94. The normalized spacial score (nSPS) is 16.7. The highest BCUT2D eigenvalue weighted by Gasteiger charge is 2.32. The number of nitrogens with zero attached hydrogens (tertiary/aromatic N) is 2. The monoisotopic (exact) mass is 355 g/mol. The summed E-state index contributed by atoms with van der Waals surface area (Å²) in [6.07, 6.45) is -1.11. The first-order chi connectivity index (χ1) is 12.0. The zero-order chi connectivity index (χ0) is 18.4. The number of halogens is 1. The maximum absolute atomic E-state index is 14.4. The molecule has 138 valence electrons. The Morgan fingerprint density at radius 1 is 1.40 bits per heavy atom. The van der Waals surface area contributed by atoms with Crippen LogP contribution in [0.1, 0.15) is 6.92 Å². The van der Waals surface area contributed by atoms with E-state index in [-0.39, 0.29) is 51.0 Å². The molecule has 8 nitrogen and oxygen atoms in total. The number of aliphatic hydroxyl groups is 2. The number of aliphatic hydroxyl groups excluding tert-OH is 2. The van der Waals surface area contributed by atoms with Crippen LogP contribution in [-0.2, 0) is 9.53 Å². The Bertz CT molecular complexity index is 622. The summed E-state index contributed by atoms with van der Waals surface area (Å²) in [5.74, 6) is -0.796. The Balaban J connectivity index is 2.11. The number of carbonyl (C=O) groups excluding carboxylic acids is 2. The van der Waals surface area contributed by atoms with Gasteiger partial charge >= 0.3 is 6.09 Å². The van der Waals surface area contributed by atoms with E-state index in [1.54, 1.807) is 6.07 Å². The first-order valence-electron chi connectivity index (χ1n) is 7.95. The van der Waals surface area contributed by atoms with Gasteiger partial charge in [-0.15, -0.1) is 0 Å². The van der Waals surface area contributed by atoms with Crippen LogP contribution in [0.25, 0.3) is 0 Å². The molecule has 1 heterocycles. The van der Waals surface area contributed by atoms with Crippen LogP contribution < -0.4 is 15.1 Å². The largest absolute Gasteiger partial charge is 0.442 e. The summed E-state index contributed by atoms with van der Waals surface area (Å²) in [6.45, 7) is 1.78. The van der Waals surface area contributed by atoms with Gasteiger partial charge in [-0.1, -0.05) is 0 Å². The van der Waals surface area contributed by atoms with Crippen LogP contribution in [0.3, 0.4) is 0 Å². The quantitative estimate of drug-likeness (QED) is 0.610. The molecule has 1 aliphatic rings. The smallest absolute Gasteiger partial charge is 0.414 e. The number of rotatable bonds is 8. The van der Waals surface area contributed by atoms with Crippen molar-refractivity contribution in [3.8, 4) is 0 Å². The Labute approximate surface area is 144 Å². The second-order valence-corrected chi connectivity index (χ2v) is 5.62. The maximum Gasteiger partial charge on any atom is 0.414 e. The van der Waals surface area contributed by atoms with Crippen molar-refractivity contribution in [2.45, 2.75) is 13.0 Å². The average molecular weight is 355 g/mol. The highest BCUT2D eigenvalue weighted by molar-refractivity contribution is 5.90. The Morgan fingerprint density at radius 3 is 2.64 bits per heavy atom. The Morgan fingerprint density at radius 2 is 2.08 bits per heavy atom. The zero-order valence-corrected chi connectivity index (χ0v) is 13.9. The van der Waals surface area contributed by atoms with Gasteiger partial charge in [0.05, 0.1) is 37.7 Å². The molecule has 0 bridgehead atoms. The number of ether oxygens (including phenoxy) is 1. The minimum Gasteiger partial charge on any atom is -0.442 e. The van der Waals surface area contributed by atoms with Crippen LogP contribution in [0.4, 0.5) is 20.6 Å². The zero-order valence-electron chi connectivity index (χ0n) is 13.9. The molecule has 0 radical (unpaired) electrons. The van der Waals surface area contributed by atoms with Gasteiger partial charge in [-0.3, -0.25) is 9.69 Å². The van der Waals surface area contributed by atoms with Crippen molar-refractivity contribution >= 4 is 23.4 Å². The number of nitrogens with one attached hydrogen (secondary N) is 1. The molecule has 0 aliphatic carbocycles. The number of anilines is 2. The summed E-state index contributed by atoms with van der Waals surface area (Å²) in [5, 5.41) is 20.7. The first-order valence-corrected chi connectivity index (χ1v) is 7.95. The van der Waals surface area contributed by atoms with E-state index in [0.29, 0.717) is 5.69 Å². The summed E-state index contributed by atoms with van der Waals surface area (Å²) in [5.41, 5.74) is 0.568. The summed E-state index contributed by atoms with van der Waals surface area (Å²) < 4.78 is 19.6. The standard InChI is InChI=1S/C16H22FN3O5/c1-11(23)18-9-13-10-20(16(24)25-13)12-2-3-15(14(17)8-12)19(4-6-21)5-7-22/h2-3,8,13,21-22H,4-7,9-10H2,1H3,(H,18,23)/t13-/m0/s1. The molecule has 2 rings (SSSR count). The molecule has 2 amide bonds. The highest BCUT2D eigenvalue weighted by atomic mass is 19.1. The van der Waals surface area contributed by atoms with Crippen LogP contribution in [0.2, 0.25) is 0 Å². The second kappa shape index (κ2) is 8.63. The minimum atomic E-state index is -0.606. The van der Waals surface area contributed by atoms with Gasteiger partial charge in [0.25, 0.3) is 0 Å². The molecular formula is C16H22FN3O5. The van der Waals surface area contributed by atoms with Crippen molar-refractivity contribution in [2.75, 3.05) is 49.2 Å². The number of amides is 2. The third kappa shape index (κ3) is 4.80. The molecule has 0 saturated carbocycles. The molecule has 0 aromatic heterocycles. The Kier molecular flexibility index (Phi) is 6.54. The second-order valence-electron chi connectivity index (χ2n) is 5.62. The molecule has 1 atom stereocenters. The molecule has 25 heavy (non-hydrogen) atoms. The molecule has 1 aromatic rings. The lowest BCUT2D eigenvalue weighted by atomic mass is 10.2. The molecule has 3 N–H and O–H groups in total. The number of carbonyl (C=O) groups is 2. The van der Waals surface area contributed by atoms with Gasteiger partial charge in [0.15, 0.2) is 0 Å². The van der Waals surface area contributed by atoms with E-state index in [1.165, 1.54) is 28.9 Å². The fourth-order valence-electron chi connectivity index (χ4n) is 2.61. The number of cyclic esters (lactones) is 1. The lowest BCUT2D eigenvalue weighted by Crippen LogP contribution is -2.33. The molecule has 0 spiro atoms. The van der Waals surface area contributed by atoms with E-state index < -0.39 is 18.0 Å². The third-order valence-corrected chi connectivity index (χ3v) is 3.78. The number of hydrogen-bond donors (Lipinski definition) is 3. The summed E-state index contributed by atoms with van der Waals surface area (Å²) >= 11 is 0. The van der Waals surface area contributed by atoms with Gasteiger partial charge < -0.3 is 25.2 Å². The molecular weight excluding hydrogens is 333 g/mol. The van der Waals surface area contributed by atoms with E-state index >= 15 is 0 Å². The van der Waals surface area contributed by atoms with Crippen LogP contribution in [-0.4, -0.2) is 67.7 Å². The Hall–Kier alpha value is -2.39. The van der Waals surface area contributed by atoms with E-state index in [2.05, 4.69) is 5.32 Å². The topological polar surface area (TPSA) is 102 Å². The lowest BCUT2D eigenvalue weighted by Gasteiger charge is -2.24. The van der Waals surface area contributed by atoms with Crippen molar-refractivity contribution in [3.63, 3.8) is 0 Å². The third-order valence-electron chi connectivity index (χ3n) is 3.78. The van der Waals surface area contributed by atoms with E-state index in [4.69, 9.17) is 14.9 Å². The van der Waals surface area contributed by atoms with Crippen molar-refractivity contribution < 1.29 is 28.9 Å². The van der Waals surface area contributed by atoms with Gasteiger partial charge in [0, 0.05) is 20.0 Å². The first kappa shape index (κ1) is 18.9. The van der Waals surface area contributed by atoms with Crippen LogP contribution in [0, 0.1) is 5.82 Å². The van der Waals surface area contributed by atoms with Gasteiger partial charge in [0.2, 0.25) is 5.91 Å². The van der Waals surface area contributed by atoms with Gasteiger partial charge in [-0.25, -0.2) is 9.18 Å². The molecule has 1 saturated heterocycles. The molecule has 0 unspecified atom stereocenters. The van der Waals surface area contributed by atoms with Gasteiger partial charge in [0.1, 0.15) is 11.9 Å². The summed E-state index contributed by atoms with van der Waals surface area (Å²) in [6, 6.07) is 4.27. The van der Waals surface area contributed by atoms with E-state index in [9.17, 15) is 14.0 Å². The predicted molar refractivity (Wildman–Crippen MR) is 89.1 cm³/mol.